The van der Waals surface area contributed by atoms with Crippen LogP contribution in [0, 0.1) is 5.92 Å². The molecule has 0 spiro atoms. The quantitative estimate of drug-likeness (QED) is 0.798. The Labute approximate surface area is 123 Å². The molecule has 112 valence electrons. The Hall–Kier alpha value is -2.04. The fourth-order valence-corrected chi connectivity index (χ4v) is 2.60. The largest absolute Gasteiger partial charge is 0.454 e. The highest BCUT2D eigenvalue weighted by Gasteiger charge is 2.32. The van der Waals surface area contributed by atoms with Crippen LogP contribution in [0.1, 0.15) is 36.5 Å². The molecule has 0 N–H and O–H groups in total. The van der Waals surface area contributed by atoms with Gasteiger partial charge in [0.25, 0.3) is 0 Å². The second-order valence-electron chi connectivity index (χ2n) is 5.69. The first kappa shape index (κ1) is 13.9. The van der Waals surface area contributed by atoms with Crippen molar-refractivity contribution in [1.29, 1.82) is 0 Å². The highest BCUT2D eigenvalue weighted by molar-refractivity contribution is 6.02. The van der Waals surface area contributed by atoms with Crippen molar-refractivity contribution in [3.8, 4) is 11.5 Å². The molecule has 0 unspecified atom stereocenters. The van der Waals surface area contributed by atoms with E-state index in [2.05, 4.69) is 0 Å². The number of likely N-dealkylation sites (N-methyl/N-ethyl adjacent to an activating group) is 1. The zero-order valence-corrected chi connectivity index (χ0v) is 12.3. The molecule has 1 aliphatic carbocycles. The maximum atomic E-state index is 12.5. The Balaban J connectivity index is 1.73. The van der Waals surface area contributed by atoms with Gasteiger partial charge in [-0.3, -0.25) is 9.59 Å². The van der Waals surface area contributed by atoms with Gasteiger partial charge in [0.1, 0.15) is 0 Å². The highest BCUT2D eigenvalue weighted by Crippen LogP contribution is 2.33. The molecule has 0 radical (unpaired) electrons. The summed E-state index contributed by atoms with van der Waals surface area (Å²) >= 11 is 0. The first-order chi connectivity index (χ1) is 10.1. The number of hydrogen-bond acceptors (Lipinski definition) is 4. The molecule has 2 aliphatic rings. The van der Waals surface area contributed by atoms with E-state index in [4.69, 9.17) is 9.47 Å². The normalized spacial score (nSPS) is 18.0. The summed E-state index contributed by atoms with van der Waals surface area (Å²) in [5, 5.41) is 0. The minimum absolute atomic E-state index is 0.0721. The summed E-state index contributed by atoms with van der Waals surface area (Å²) in [5.74, 6) is 1.33. The number of carbonyl (C=O) groups is 2. The summed E-state index contributed by atoms with van der Waals surface area (Å²) in [7, 11) is 1.70. The number of nitrogens with zero attached hydrogens (tertiary/aromatic N) is 1. The lowest BCUT2D eigenvalue weighted by molar-refractivity contribution is -0.137. The Morgan fingerprint density at radius 3 is 2.62 bits per heavy atom. The van der Waals surface area contributed by atoms with Gasteiger partial charge < -0.3 is 14.4 Å². The molecule has 0 bridgehead atoms. The van der Waals surface area contributed by atoms with Gasteiger partial charge in [-0.05, 0) is 38.0 Å². The van der Waals surface area contributed by atoms with E-state index >= 15 is 0 Å². The van der Waals surface area contributed by atoms with Gasteiger partial charge in [-0.15, -0.1) is 0 Å². The fourth-order valence-electron chi connectivity index (χ4n) is 2.60. The van der Waals surface area contributed by atoms with Gasteiger partial charge >= 0.3 is 0 Å². The smallest absolute Gasteiger partial charge is 0.231 e. The summed E-state index contributed by atoms with van der Waals surface area (Å²) in [6, 6.07) is 4.66. The molecule has 1 heterocycles. The molecule has 1 aromatic rings. The molecule has 0 saturated heterocycles. The standard InChI is InChI=1S/C16H19NO4/c1-10(17(2)16(19)11-4-3-5-11)15(18)12-6-7-13-14(8-12)21-9-20-13/h6-8,10-11H,3-5,9H2,1-2H3/t10-/m1/s1. The van der Waals surface area contributed by atoms with Crippen LogP contribution in [0.3, 0.4) is 0 Å². The molecular formula is C16H19NO4. The van der Waals surface area contributed by atoms with E-state index in [1.807, 2.05) is 0 Å². The summed E-state index contributed by atoms with van der Waals surface area (Å²) in [6.45, 7) is 1.95. The molecule has 21 heavy (non-hydrogen) atoms. The van der Waals surface area contributed by atoms with Gasteiger partial charge in [0.05, 0.1) is 6.04 Å². The topological polar surface area (TPSA) is 55.8 Å². The number of fused-ring (bicyclic) bond motifs is 1. The van der Waals surface area contributed by atoms with E-state index in [1.54, 1.807) is 37.1 Å². The Morgan fingerprint density at radius 1 is 1.24 bits per heavy atom. The molecule has 5 heteroatoms. The van der Waals surface area contributed by atoms with E-state index in [9.17, 15) is 9.59 Å². The number of amides is 1. The van der Waals surface area contributed by atoms with Crippen molar-refractivity contribution in [2.75, 3.05) is 13.8 Å². The Bertz CT molecular complexity index is 580. The number of carbonyl (C=O) groups excluding carboxylic acids is 2. The average Bonchev–Trinajstić information content (AvgIpc) is 2.90. The third-order valence-corrected chi connectivity index (χ3v) is 4.42. The number of ether oxygens (including phenoxy) is 2. The number of hydrogen-bond donors (Lipinski definition) is 0. The van der Waals surface area contributed by atoms with Crippen LogP contribution in [0.15, 0.2) is 18.2 Å². The van der Waals surface area contributed by atoms with Gasteiger partial charge in [-0.25, -0.2) is 0 Å². The summed E-state index contributed by atoms with van der Waals surface area (Å²) in [6.07, 6.45) is 2.98. The minimum atomic E-state index is -0.474. The molecule has 1 aliphatic heterocycles. The molecule has 5 nitrogen and oxygen atoms in total. The van der Waals surface area contributed by atoms with E-state index in [1.165, 1.54) is 0 Å². The molecule has 1 amide bonds. The van der Waals surface area contributed by atoms with Crippen LogP contribution in [0.2, 0.25) is 0 Å². The van der Waals surface area contributed by atoms with E-state index in [0.717, 1.165) is 19.3 Å². The van der Waals surface area contributed by atoms with Crippen molar-refractivity contribution in [3.63, 3.8) is 0 Å². The molecule has 1 atom stereocenters. The third kappa shape index (κ3) is 2.48. The number of rotatable bonds is 4. The van der Waals surface area contributed by atoms with Gasteiger partial charge in [-0.1, -0.05) is 6.42 Å². The number of ketones is 1. The van der Waals surface area contributed by atoms with Gasteiger partial charge in [0.2, 0.25) is 12.7 Å². The van der Waals surface area contributed by atoms with Crippen LogP contribution in [0.25, 0.3) is 0 Å². The van der Waals surface area contributed by atoms with Gasteiger partial charge in [0, 0.05) is 18.5 Å². The van der Waals surface area contributed by atoms with E-state index < -0.39 is 6.04 Å². The number of benzene rings is 1. The van der Waals surface area contributed by atoms with Crippen molar-refractivity contribution in [1.82, 2.24) is 4.90 Å². The number of Topliss-reactive ketones (excluding diaryl/α,β-unsaturated/α-hetero) is 1. The maximum absolute atomic E-state index is 12.5. The average molecular weight is 289 g/mol. The second-order valence-corrected chi connectivity index (χ2v) is 5.69. The van der Waals surface area contributed by atoms with E-state index in [0.29, 0.717) is 17.1 Å². The summed E-state index contributed by atoms with van der Waals surface area (Å²) in [4.78, 5) is 26.3. The second kappa shape index (κ2) is 5.39. The highest BCUT2D eigenvalue weighted by atomic mass is 16.7. The van der Waals surface area contributed by atoms with Crippen LogP contribution in [0.4, 0.5) is 0 Å². The Kier molecular flexibility index (Phi) is 3.57. The van der Waals surface area contributed by atoms with Crippen LogP contribution < -0.4 is 9.47 Å². The van der Waals surface area contributed by atoms with Crippen LogP contribution in [-0.2, 0) is 4.79 Å². The van der Waals surface area contributed by atoms with Crippen molar-refractivity contribution in [3.05, 3.63) is 23.8 Å². The van der Waals surface area contributed by atoms with E-state index in [-0.39, 0.29) is 24.4 Å². The lowest BCUT2D eigenvalue weighted by Crippen LogP contribution is -2.44. The molecular weight excluding hydrogens is 270 g/mol. The van der Waals surface area contributed by atoms with Crippen LogP contribution >= 0.6 is 0 Å². The van der Waals surface area contributed by atoms with Crippen LogP contribution in [-0.4, -0.2) is 36.5 Å². The maximum Gasteiger partial charge on any atom is 0.231 e. The van der Waals surface area contributed by atoms with Crippen molar-refractivity contribution in [2.24, 2.45) is 5.92 Å². The Morgan fingerprint density at radius 2 is 1.95 bits per heavy atom. The zero-order chi connectivity index (χ0) is 15.0. The lowest BCUT2D eigenvalue weighted by Gasteiger charge is -2.32. The third-order valence-electron chi connectivity index (χ3n) is 4.42. The molecule has 1 aromatic carbocycles. The summed E-state index contributed by atoms with van der Waals surface area (Å²) < 4.78 is 10.5. The SMILES string of the molecule is C[C@H](C(=O)c1ccc2c(c1)OCO2)N(C)C(=O)C1CCC1. The first-order valence-electron chi connectivity index (χ1n) is 7.28. The van der Waals surface area contributed by atoms with Crippen LogP contribution in [0.5, 0.6) is 11.5 Å². The summed E-state index contributed by atoms with van der Waals surface area (Å²) in [5.41, 5.74) is 0.542. The molecule has 0 aromatic heterocycles. The fraction of sp³-hybridized carbons (Fsp3) is 0.500. The van der Waals surface area contributed by atoms with Crippen molar-refractivity contribution < 1.29 is 19.1 Å². The lowest BCUT2D eigenvalue weighted by atomic mass is 9.84. The van der Waals surface area contributed by atoms with Gasteiger partial charge in [-0.2, -0.15) is 0 Å². The first-order valence-corrected chi connectivity index (χ1v) is 7.28. The van der Waals surface area contributed by atoms with Gasteiger partial charge in [0.15, 0.2) is 17.3 Å². The molecule has 1 saturated carbocycles. The minimum Gasteiger partial charge on any atom is -0.454 e. The molecule has 1 fully saturated rings. The van der Waals surface area contributed by atoms with Crippen molar-refractivity contribution >= 4 is 11.7 Å². The predicted molar refractivity (Wildman–Crippen MR) is 76.5 cm³/mol. The van der Waals surface area contributed by atoms with Crippen molar-refractivity contribution in [2.45, 2.75) is 32.2 Å². The monoisotopic (exact) mass is 289 g/mol. The zero-order valence-electron chi connectivity index (χ0n) is 12.3. The predicted octanol–water partition coefficient (Wildman–Crippen LogP) is 2.25. The molecule has 3 rings (SSSR count).